The van der Waals surface area contributed by atoms with Crippen LogP contribution in [0.15, 0.2) is 58.2 Å². The van der Waals surface area contributed by atoms with Gasteiger partial charge in [-0.2, -0.15) is 0 Å². The van der Waals surface area contributed by atoms with Gasteiger partial charge in [0.25, 0.3) is 5.56 Å². The number of nitrogens with one attached hydrogen (secondary N) is 2. The number of methoxy groups -OCH3 is 1. The van der Waals surface area contributed by atoms with Crippen LogP contribution >= 0.6 is 0 Å². The van der Waals surface area contributed by atoms with E-state index < -0.39 is 10.0 Å². The maximum Gasteiger partial charge on any atom is 0.251 e. The largest absolute Gasteiger partial charge is 0.497 e. The van der Waals surface area contributed by atoms with Gasteiger partial charge in [0.05, 0.1) is 12.0 Å². The van der Waals surface area contributed by atoms with Gasteiger partial charge in [-0.05, 0) is 60.3 Å². The lowest BCUT2D eigenvalue weighted by Crippen LogP contribution is -2.23. The van der Waals surface area contributed by atoms with Gasteiger partial charge in [-0.25, -0.2) is 13.1 Å². The zero-order valence-electron chi connectivity index (χ0n) is 13.9. The molecule has 0 saturated carbocycles. The first kappa shape index (κ1) is 17.2. The van der Waals surface area contributed by atoms with Crippen LogP contribution in [0.3, 0.4) is 0 Å². The smallest absolute Gasteiger partial charge is 0.251 e. The molecule has 0 spiro atoms. The molecule has 0 bridgehead atoms. The molecule has 2 aromatic carbocycles. The number of aryl methyl sites for hydroxylation is 1. The second-order valence-electron chi connectivity index (χ2n) is 5.70. The van der Waals surface area contributed by atoms with Crippen LogP contribution in [-0.4, -0.2) is 20.5 Å². The molecule has 0 radical (unpaired) electrons. The maximum atomic E-state index is 12.4. The van der Waals surface area contributed by atoms with E-state index in [0.29, 0.717) is 11.3 Å². The molecular formula is C18H18N2O4S. The van der Waals surface area contributed by atoms with Crippen LogP contribution in [0.4, 0.5) is 0 Å². The highest BCUT2D eigenvalue weighted by molar-refractivity contribution is 7.89. The summed E-state index contributed by atoms with van der Waals surface area (Å²) in [5, 5.41) is 0.859. The summed E-state index contributed by atoms with van der Waals surface area (Å²) in [6.07, 6.45) is 0. The average molecular weight is 358 g/mol. The number of hydrogen-bond acceptors (Lipinski definition) is 4. The maximum absolute atomic E-state index is 12.4. The molecule has 3 aromatic rings. The van der Waals surface area contributed by atoms with Gasteiger partial charge in [0.2, 0.25) is 10.0 Å². The van der Waals surface area contributed by atoms with E-state index in [-0.39, 0.29) is 17.0 Å². The summed E-state index contributed by atoms with van der Waals surface area (Å²) in [6.45, 7) is 1.89. The van der Waals surface area contributed by atoms with Crippen molar-refractivity contribution in [2.24, 2.45) is 0 Å². The third kappa shape index (κ3) is 3.72. The monoisotopic (exact) mass is 358 g/mol. The minimum absolute atomic E-state index is 0.125. The van der Waals surface area contributed by atoms with Crippen molar-refractivity contribution >= 4 is 20.9 Å². The molecule has 0 aliphatic rings. The highest BCUT2D eigenvalue weighted by atomic mass is 32.2. The molecule has 0 aliphatic carbocycles. The molecule has 1 aromatic heterocycles. The number of sulfonamides is 1. The van der Waals surface area contributed by atoms with E-state index >= 15 is 0 Å². The summed E-state index contributed by atoms with van der Waals surface area (Å²) < 4.78 is 32.3. The summed E-state index contributed by atoms with van der Waals surface area (Å²) in [5.74, 6) is 0.595. The molecule has 130 valence electrons. The number of hydrogen-bond donors (Lipinski definition) is 2. The Morgan fingerprint density at radius 1 is 1.08 bits per heavy atom. The molecule has 0 fully saturated rings. The Morgan fingerprint density at radius 3 is 2.48 bits per heavy atom. The van der Waals surface area contributed by atoms with Crippen molar-refractivity contribution in [3.8, 4) is 5.75 Å². The number of rotatable bonds is 5. The molecular weight excluding hydrogens is 340 g/mol. The average Bonchev–Trinajstić information content (AvgIpc) is 2.61. The van der Waals surface area contributed by atoms with Crippen molar-refractivity contribution < 1.29 is 13.2 Å². The lowest BCUT2D eigenvalue weighted by atomic mass is 10.1. The number of H-pyrrole nitrogens is 1. The molecule has 1 heterocycles. The summed E-state index contributed by atoms with van der Waals surface area (Å²) in [7, 11) is -2.09. The summed E-state index contributed by atoms with van der Waals surface area (Å²) >= 11 is 0. The van der Waals surface area contributed by atoms with Crippen LogP contribution in [0.1, 0.15) is 11.1 Å². The van der Waals surface area contributed by atoms with Gasteiger partial charge >= 0.3 is 0 Å². The zero-order chi connectivity index (χ0) is 18.0. The highest BCUT2D eigenvalue weighted by Gasteiger charge is 2.13. The minimum Gasteiger partial charge on any atom is -0.497 e. The van der Waals surface area contributed by atoms with E-state index in [9.17, 15) is 13.2 Å². The molecule has 25 heavy (non-hydrogen) atoms. The summed E-state index contributed by atoms with van der Waals surface area (Å²) in [6, 6.07) is 13.4. The van der Waals surface area contributed by atoms with Gasteiger partial charge in [-0.3, -0.25) is 4.79 Å². The topological polar surface area (TPSA) is 88.3 Å². The first-order valence-corrected chi connectivity index (χ1v) is 9.14. The second-order valence-corrected chi connectivity index (χ2v) is 7.47. The van der Waals surface area contributed by atoms with Gasteiger partial charge in [0.15, 0.2) is 0 Å². The molecule has 0 saturated heterocycles. The molecule has 0 aliphatic heterocycles. The first-order valence-electron chi connectivity index (χ1n) is 7.65. The van der Waals surface area contributed by atoms with Crippen LogP contribution in [0.5, 0.6) is 5.75 Å². The van der Waals surface area contributed by atoms with E-state index in [1.54, 1.807) is 37.3 Å². The predicted octanol–water partition coefficient (Wildman–Crippen LogP) is 2.32. The SMILES string of the molecule is COc1ccc(S(=O)(=O)NCc2ccc3[nH]c(=O)c(C)cc3c2)cc1. The lowest BCUT2D eigenvalue weighted by molar-refractivity contribution is 0.414. The number of pyridine rings is 1. The predicted molar refractivity (Wildman–Crippen MR) is 96.3 cm³/mol. The third-order valence-corrected chi connectivity index (χ3v) is 5.35. The number of ether oxygens (including phenoxy) is 1. The Kier molecular flexibility index (Phi) is 4.61. The van der Waals surface area contributed by atoms with Crippen molar-refractivity contribution in [2.75, 3.05) is 7.11 Å². The van der Waals surface area contributed by atoms with Gasteiger partial charge in [-0.15, -0.1) is 0 Å². The van der Waals surface area contributed by atoms with E-state index in [1.165, 1.54) is 19.2 Å². The standard InChI is InChI=1S/C18H18N2O4S/c1-12-9-14-10-13(3-8-17(14)20-18(12)21)11-19-25(22,23)16-6-4-15(24-2)5-7-16/h3-10,19H,11H2,1-2H3,(H,20,21). The number of aromatic nitrogens is 1. The second kappa shape index (κ2) is 6.70. The van der Waals surface area contributed by atoms with E-state index in [4.69, 9.17) is 4.74 Å². The Bertz CT molecular complexity index is 1070. The molecule has 2 N–H and O–H groups in total. The summed E-state index contributed by atoms with van der Waals surface area (Å²) in [4.78, 5) is 14.6. The molecule has 0 amide bonds. The Balaban J connectivity index is 1.81. The van der Waals surface area contributed by atoms with Crippen molar-refractivity contribution in [3.05, 3.63) is 70.0 Å². The van der Waals surface area contributed by atoms with Crippen molar-refractivity contribution in [1.82, 2.24) is 9.71 Å². The number of fused-ring (bicyclic) bond motifs is 1. The van der Waals surface area contributed by atoms with Crippen LogP contribution in [0, 0.1) is 6.92 Å². The van der Waals surface area contributed by atoms with Crippen LogP contribution in [0.2, 0.25) is 0 Å². The van der Waals surface area contributed by atoms with E-state index in [0.717, 1.165) is 16.5 Å². The van der Waals surface area contributed by atoms with Crippen molar-refractivity contribution in [2.45, 2.75) is 18.4 Å². The van der Waals surface area contributed by atoms with Crippen LogP contribution in [0.25, 0.3) is 10.9 Å². The van der Waals surface area contributed by atoms with Gasteiger partial charge in [0.1, 0.15) is 5.75 Å². The van der Waals surface area contributed by atoms with Gasteiger partial charge in [0, 0.05) is 17.6 Å². The molecule has 0 atom stereocenters. The Morgan fingerprint density at radius 2 is 1.80 bits per heavy atom. The van der Waals surface area contributed by atoms with Crippen LogP contribution < -0.4 is 15.0 Å². The molecule has 0 unspecified atom stereocenters. The molecule has 3 rings (SSSR count). The van der Waals surface area contributed by atoms with E-state index in [1.807, 2.05) is 6.07 Å². The Hall–Kier alpha value is -2.64. The fourth-order valence-electron chi connectivity index (χ4n) is 2.49. The molecule has 7 heteroatoms. The fraction of sp³-hybridized carbons (Fsp3) is 0.167. The third-order valence-electron chi connectivity index (χ3n) is 3.93. The highest BCUT2D eigenvalue weighted by Crippen LogP contribution is 2.17. The van der Waals surface area contributed by atoms with E-state index in [2.05, 4.69) is 9.71 Å². The van der Waals surface area contributed by atoms with Crippen molar-refractivity contribution in [3.63, 3.8) is 0 Å². The quantitative estimate of drug-likeness (QED) is 0.733. The fourth-order valence-corrected chi connectivity index (χ4v) is 3.51. The minimum atomic E-state index is -3.61. The normalized spacial score (nSPS) is 11.6. The van der Waals surface area contributed by atoms with Gasteiger partial charge in [-0.1, -0.05) is 6.07 Å². The van der Waals surface area contributed by atoms with Crippen molar-refractivity contribution in [1.29, 1.82) is 0 Å². The summed E-state index contributed by atoms with van der Waals surface area (Å²) in [5.41, 5.74) is 2.01. The first-order chi connectivity index (χ1) is 11.9. The van der Waals surface area contributed by atoms with Crippen LogP contribution in [-0.2, 0) is 16.6 Å². The number of benzene rings is 2. The molecule has 6 nitrogen and oxygen atoms in total. The lowest BCUT2D eigenvalue weighted by Gasteiger charge is -2.09. The zero-order valence-corrected chi connectivity index (χ0v) is 14.7. The number of aromatic amines is 1. The Labute approximate surface area is 145 Å². The van der Waals surface area contributed by atoms with Gasteiger partial charge < -0.3 is 9.72 Å².